The number of piperidine rings is 1. The molecule has 13 heavy (non-hydrogen) atoms. The maximum absolute atomic E-state index is 10.6. The van der Waals surface area contributed by atoms with Crippen LogP contribution in [-0.4, -0.2) is 47.8 Å². The lowest BCUT2D eigenvalue weighted by Crippen LogP contribution is -2.44. The van der Waals surface area contributed by atoms with Gasteiger partial charge in [-0.1, -0.05) is 0 Å². The second-order valence-corrected chi connectivity index (χ2v) is 4.07. The van der Waals surface area contributed by atoms with Crippen LogP contribution in [0.4, 0.5) is 0 Å². The number of carboxylic acids is 1. The first kappa shape index (κ1) is 10.5. The lowest BCUT2D eigenvalue weighted by atomic mass is 9.78. The third-order valence-corrected chi connectivity index (χ3v) is 2.71. The van der Waals surface area contributed by atoms with E-state index < -0.39 is 11.4 Å². The van der Waals surface area contributed by atoms with Crippen molar-refractivity contribution in [2.75, 3.05) is 26.7 Å². The Labute approximate surface area is 78.2 Å². The number of aliphatic hydroxyl groups is 1. The molecule has 1 saturated heterocycles. The molecule has 4 nitrogen and oxygen atoms in total. The van der Waals surface area contributed by atoms with Crippen molar-refractivity contribution in [1.29, 1.82) is 0 Å². The number of hydrogen-bond acceptors (Lipinski definition) is 3. The molecule has 1 heterocycles. The van der Waals surface area contributed by atoms with Gasteiger partial charge in [0.05, 0.1) is 13.0 Å². The van der Waals surface area contributed by atoms with Crippen LogP contribution in [0.25, 0.3) is 0 Å². The van der Waals surface area contributed by atoms with Crippen molar-refractivity contribution in [3.63, 3.8) is 0 Å². The van der Waals surface area contributed by atoms with Crippen LogP contribution >= 0.6 is 0 Å². The van der Waals surface area contributed by atoms with Crippen LogP contribution in [0.3, 0.4) is 0 Å². The SMILES string of the molecule is CN1CCCC(CO)(CC(=O)O)C1. The number of likely N-dealkylation sites (tertiary alicyclic amines) is 1. The number of aliphatic hydroxyl groups excluding tert-OH is 1. The minimum Gasteiger partial charge on any atom is -0.481 e. The largest absolute Gasteiger partial charge is 0.481 e. The Bertz CT molecular complexity index is 195. The summed E-state index contributed by atoms with van der Waals surface area (Å²) in [7, 11) is 1.96. The molecule has 0 aromatic rings. The summed E-state index contributed by atoms with van der Waals surface area (Å²) in [5.41, 5.74) is -0.404. The minimum atomic E-state index is -0.815. The second-order valence-electron chi connectivity index (χ2n) is 4.07. The molecule has 4 heteroatoms. The van der Waals surface area contributed by atoms with Gasteiger partial charge >= 0.3 is 5.97 Å². The fraction of sp³-hybridized carbons (Fsp3) is 0.889. The van der Waals surface area contributed by atoms with Gasteiger partial charge in [-0.05, 0) is 26.4 Å². The van der Waals surface area contributed by atoms with E-state index in [1.807, 2.05) is 7.05 Å². The highest BCUT2D eigenvalue weighted by molar-refractivity contribution is 5.67. The van der Waals surface area contributed by atoms with Crippen molar-refractivity contribution in [1.82, 2.24) is 4.90 Å². The third-order valence-electron chi connectivity index (χ3n) is 2.71. The summed E-state index contributed by atoms with van der Waals surface area (Å²) in [5.74, 6) is -0.815. The molecule has 0 bridgehead atoms. The number of carboxylic acid groups (broad SMARTS) is 1. The average Bonchev–Trinajstić information content (AvgIpc) is 2.03. The first-order valence-corrected chi connectivity index (χ1v) is 4.59. The minimum absolute atomic E-state index is 0.0242. The summed E-state index contributed by atoms with van der Waals surface area (Å²) < 4.78 is 0. The highest BCUT2D eigenvalue weighted by Crippen LogP contribution is 2.32. The van der Waals surface area contributed by atoms with Gasteiger partial charge in [0.15, 0.2) is 0 Å². The Kier molecular flexibility index (Phi) is 3.27. The fourth-order valence-corrected chi connectivity index (χ4v) is 2.10. The van der Waals surface area contributed by atoms with Gasteiger partial charge in [0.1, 0.15) is 0 Å². The van der Waals surface area contributed by atoms with E-state index in [0.717, 1.165) is 19.4 Å². The highest BCUT2D eigenvalue weighted by atomic mass is 16.4. The molecule has 1 aliphatic rings. The van der Waals surface area contributed by atoms with Crippen LogP contribution < -0.4 is 0 Å². The van der Waals surface area contributed by atoms with E-state index in [1.54, 1.807) is 0 Å². The molecule has 1 fully saturated rings. The van der Waals surface area contributed by atoms with Gasteiger partial charge in [-0.2, -0.15) is 0 Å². The first-order valence-electron chi connectivity index (χ1n) is 4.59. The smallest absolute Gasteiger partial charge is 0.304 e. The van der Waals surface area contributed by atoms with Crippen molar-refractivity contribution in [3.05, 3.63) is 0 Å². The number of aliphatic carboxylic acids is 1. The normalized spacial score (nSPS) is 30.3. The van der Waals surface area contributed by atoms with Crippen molar-refractivity contribution < 1.29 is 15.0 Å². The summed E-state index contributed by atoms with van der Waals surface area (Å²) in [6.07, 6.45) is 1.87. The number of hydrogen-bond donors (Lipinski definition) is 2. The van der Waals surface area contributed by atoms with Gasteiger partial charge in [0, 0.05) is 12.0 Å². The quantitative estimate of drug-likeness (QED) is 0.661. The maximum atomic E-state index is 10.6. The molecule has 1 aliphatic heterocycles. The van der Waals surface area contributed by atoms with Crippen LogP contribution in [0.2, 0.25) is 0 Å². The number of rotatable bonds is 3. The van der Waals surface area contributed by atoms with Gasteiger partial charge in [-0.25, -0.2) is 0 Å². The van der Waals surface area contributed by atoms with E-state index in [4.69, 9.17) is 5.11 Å². The van der Waals surface area contributed by atoms with E-state index in [9.17, 15) is 9.90 Å². The first-order chi connectivity index (χ1) is 6.08. The molecule has 2 N–H and O–H groups in total. The molecule has 0 aromatic heterocycles. The highest BCUT2D eigenvalue weighted by Gasteiger charge is 2.35. The van der Waals surface area contributed by atoms with Crippen LogP contribution in [0.5, 0.6) is 0 Å². The topological polar surface area (TPSA) is 60.8 Å². The van der Waals surface area contributed by atoms with Crippen LogP contribution in [-0.2, 0) is 4.79 Å². The molecule has 0 radical (unpaired) electrons. The molecule has 1 rings (SSSR count). The van der Waals surface area contributed by atoms with Crippen molar-refractivity contribution in [3.8, 4) is 0 Å². The average molecular weight is 187 g/mol. The fourth-order valence-electron chi connectivity index (χ4n) is 2.10. The lowest BCUT2D eigenvalue weighted by molar-refractivity contribution is -0.141. The predicted octanol–water partition coefficient (Wildman–Crippen LogP) is 0.165. The van der Waals surface area contributed by atoms with Gasteiger partial charge in [-0.15, -0.1) is 0 Å². The summed E-state index contributed by atoms with van der Waals surface area (Å²) in [5, 5.41) is 17.9. The molecule has 0 spiro atoms. The van der Waals surface area contributed by atoms with E-state index >= 15 is 0 Å². The van der Waals surface area contributed by atoms with Crippen LogP contribution in [0.1, 0.15) is 19.3 Å². The van der Waals surface area contributed by atoms with Crippen molar-refractivity contribution in [2.24, 2.45) is 5.41 Å². The van der Waals surface area contributed by atoms with Crippen molar-refractivity contribution >= 4 is 5.97 Å². The van der Waals surface area contributed by atoms with E-state index in [0.29, 0.717) is 6.54 Å². The molecular weight excluding hydrogens is 170 g/mol. The van der Waals surface area contributed by atoms with Crippen LogP contribution in [0.15, 0.2) is 0 Å². The van der Waals surface area contributed by atoms with Gasteiger partial charge < -0.3 is 15.1 Å². The molecule has 0 saturated carbocycles. The number of carbonyl (C=O) groups is 1. The molecule has 0 aromatic carbocycles. The maximum Gasteiger partial charge on any atom is 0.304 e. The summed E-state index contributed by atoms with van der Waals surface area (Å²) in [6.45, 7) is 1.67. The predicted molar refractivity (Wildman–Crippen MR) is 48.5 cm³/mol. The van der Waals surface area contributed by atoms with Crippen LogP contribution in [0, 0.1) is 5.41 Å². The van der Waals surface area contributed by atoms with E-state index in [1.165, 1.54) is 0 Å². The number of nitrogens with zero attached hydrogens (tertiary/aromatic N) is 1. The van der Waals surface area contributed by atoms with Crippen molar-refractivity contribution in [2.45, 2.75) is 19.3 Å². The molecule has 76 valence electrons. The lowest BCUT2D eigenvalue weighted by Gasteiger charge is -2.39. The zero-order valence-electron chi connectivity index (χ0n) is 7.99. The Morgan fingerprint density at radius 2 is 2.31 bits per heavy atom. The van der Waals surface area contributed by atoms with E-state index in [-0.39, 0.29) is 13.0 Å². The zero-order chi connectivity index (χ0) is 9.90. The van der Waals surface area contributed by atoms with Gasteiger partial charge in [-0.3, -0.25) is 4.79 Å². The monoisotopic (exact) mass is 187 g/mol. The van der Waals surface area contributed by atoms with Gasteiger partial charge in [0.2, 0.25) is 0 Å². The van der Waals surface area contributed by atoms with E-state index in [2.05, 4.69) is 4.90 Å². The Morgan fingerprint density at radius 3 is 2.77 bits per heavy atom. The Morgan fingerprint density at radius 1 is 1.62 bits per heavy atom. The Balaban J connectivity index is 2.61. The standard InChI is InChI=1S/C9H17NO3/c1-10-4-2-3-9(6-10,7-11)5-8(12)13/h11H,2-7H2,1H3,(H,12,13). The summed E-state index contributed by atoms with van der Waals surface area (Å²) >= 11 is 0. The molecular formula is C9H17NO3. The summed E-state index contributed by atoms with van der Waals surface area (Å²) in [4.78, 5) is 12.7. The second kappa shape index (κ2) is 4.07. The molecule has 1 unspecified atom stereocenters. The molecule has 0 aliphatic carbocycles. The summed E-state index contributed by atoms with van der Waals surface area (Å²) in [6, 6.07) is 0. The zero-order valence-corrected chi connectivity index (χ0v) is 7.99. The molecule has 0 amide bonds. The molecule has 1 atom stereocenters. The van der Waals surface area contributed by atoms with Gasteiger partial charge in [0.25, 0.3) is 0 Å². The third kappa shape index (κ3) is 2.67. The Hall–Kier alpha value is -0.610.